The van der Waals surface area contributed by atoms with Crippen LogP contribution >= 0.6 is 11.6 Å². The maximum Gasteiger partial charge on any atom is 0.312 e. The van der Waals surface area contributed by atoms with Gasteiger partial charge < -0.3 is 16.0 Å². The van der Waals surface area contributed by atoms with E-state index in [1.165, 1.54) is 28.6 Å². The van der Waals surface area contributed by atoms with E-state index in [1.54, 1.807) is 4.90 Å². The van der Waals surface area contributed by atoms with Crippen molar-refractivity contribution in [2.24, 2.45) is 11.7 Å². The second-order valence-corrected chi connectivity index (χ2v) is 9.25. The quantitative estimate of drug-likeness (QED) is 0.726. The van der Waals surface area contributed by atoms with Crippen molar-refractivity contribution in [2.75, 3.05) is 26.2 Å². The van der Waals surface area contributed by atoms with Gasteiger partial charge in [0.05, 0.1) is 4.90 Å². The second-order valence-electron chi connectivity index (χ2n) is 6.87. The number of carbonyl (C=O) groups excluding carboxylic acids is 2. The van der Waals surface area contributed by atoms with E-state index >= 15 is 0 Å². The lowest BCUT2D eigenvalue weighted by molar-refractivity contribution is -0.134. The van der Waals surface area contributed by atoms with E-state index in [9.17, 15) is 18.0 Å². The van der Waals surface area contributed by atoms with Gasteiger partial charge in [-0.15, -0.1) is 0 Å². The largest absolute Gasteiger partial charge is 0.352 e. The molecule has 0 bridgehead atoms. The van der Waals surface area contributed by atoms with Crippen molar-refractivity contribution in [1.29, 1.82) is 0 Å². The van der Waals surface area contributed by atoms with E-state index in [0.29, 0.717) is 11.4 Å². The van der Waals surface area contributed by atoms with Gasteiger partial charge in [-0.2, -0.15) is 4.31 Å². The summed E-state index contributed by atoms with van der Waals surface area (Å²) in [4.78, 5) is 25.6. The summed E-state index contributed by atoms with van der Waals surface area (Å²) in [6, 6.07) is 4.52. The summed E-state index contributed by atoms with van der Waals surface area (Å²) in [6.07, 6.45) is 0.463. The molecule has 1 saturated heterocycles. The molecular formula is C17H25ClN4O4S. The Balaban J connectivity index is 2.03. The summed E-state index contributed by atoms with van der Waals surface area (Å²) in [6.45, 7) is 4.75. The van der Waals surface area contributed by atoms with E-state index in [-0.39, 0.29) is 42.9 Å². The van der Waals surface area contributed by atoms with Crippen LogP contribution in [0.15, 0.2) is 29.2 Å². The van der Waals surface area contributed by atoms with Crippen LogP contribution in [-0.2, 0) is 14.8 Å². The van der Waals surface area contributed by atoms with Gasteiger partial charge in [0.2, 0.25) is 15.9 Å². The molecule has 3 N–H and O–H groups in total. The molecule has 1 fully saturated rings. The van der Waals surface area contributed by atoms with Gasteiger partial charge in [0.25, 0.3) is 0 Å². The van der Waals surface area contributed by atoms with E-state index in [4.69, 9.17) is 17.3 Å². The van der Waals surface area contributed by atoms with E-state index in [1.807, 2.05) is 13.8 Å². The standard InChI is InChI=1S/C17H25ClN4O4S/c1-12(2)11-15(20-17(19)24)16(23)21-7-9-22(10-8-21)27(25,26)14-5-3-13(18)4-6-14/h3-6,12,15H,7-11H2,1-2H3,(H3,19,20,24). The number of piperazine rings is 1. The Morgan fingerprint density at radius 2 is 1.70 bits per heavy atom. The molecule has 27 heavy (non-hydrogen) atoms. The van der Waals surface area contributed by atoms with E-state index in [2.05, 4.69) is 5.32 Å². The number of rotatable bonds is 6. The van der Waals surface area contributed by atoms with Crippen molar-refractivity contribution < 1.29 is 18.0 Å². The predicted octanol–water partition coefficient (Wildman–Crippen LogP) is 1.26. The number of amides is 3. The number of primary amides is 1. The first kappa shape index (κ1) is 21.5. The summed E-state index contributed by atoms with van der Waals surface area (Å²) in [7, 11) is -3.64. The van der Waals surface area contributed by atoms with Crippen LogP contribution in [0.3, 0.4) is 0 Å². The lowest BCUT2D eigenvalue weighted by Gasteiger charge is -2.36. The van der Waals surface area contributed by atoms with Gasteiger partial charge in [0.1, 0.15) is 6.04 Å². The Hall–Kier alpha value is -1.84. The summed E-state index contributed by atoms with van der Waals surface area (Å²) in [5.41, 5.74) is 5.17. The third-order valence-corrected chi connectivity index (χ3v) is 6.49. The first-order chi connectivity index (χ1) is 12.6. The molecule has 1 aromatic carbocycles. The Labute approximate surface area is 164 Å². The number of halogens is 1. The number of carbonyl (C=O) groups is 2. The topological polar surface area (TPSA) is 113 Å². The lowest BCUT2D eigenvalue weighted by atomic mass is 10.0. The summed E-state index contributed by atoms with van der Waals surface area (Å²) in [5, 5.41) is 2.94. The van der Waals surface area contributed by atoms with Crippen LogP contribution in [0.4, 0.5) is 4.79 Å². The molecule has 1 unspecified atom stereocenters. The first-order valence-corrected chi connectivity index (χ1v) is 10.5. The van der Waals surface area contributed by atoms with Crippen LogP contribution in [0.25, 0.3) is 0 Å². The minimum atomic E-state index is -3.64. The summed E-state index contributed by atoms with van der Waals surface area (Å²) >= 11 is 5.81. The average Bonchev–Trinajstić information content (AvgIpc) is 2.60. The van der Waals surface area contributed by atoms with Crippen molar-refractivity contribution in [3.63, 3.8) is 0 Å². The smallest absolute Gasteiger partial charge is 0.312 e. The zero-order valence-corrected chi connectivity index (χ0v) is 17.0. The Morgan fingerprint density at radius 3 is 2.19 bits per heavy atom. The van der Waals surface area contributed by atoms with Gasteiger partial charge in [-0.05, 0) is 36.6 Å². The fraction of sp³-hybridized carbons (Fsp3) is 0.529. The molecule has 150 valence electrons. The molecule has 1 heterocycles. The number of hydrogen-bond acceptors (Lipinski definition) is 4. The zero-order valence-electron chi connectivity index (χ0n) is 15.4. The van der Waals surface area contributed by atoms with Crippen molar-refractivity contribution >= 4 is 33.6 Å². The van der Waals surface area contributed by atoms with Crippen LogP contribution in [0.2, 0.25) is 5.02 Å². The third kappa shape index (κ3) is 5.57. The van der Waals surface area contributed by atoms with Crippen LogP contribution in [-0.4, -0.2) is 61.8 Å². The molecular weight excluding hydrogens is 392 g/mol. The summed E-state index contributed by atoms with van der Waals surface area (Å²) < 4.78 is 26.8. The number of nitrogens with one attached hydrogen (secondary N) is 1. The molecule has 1 aliphatic heterocycles. The third-order valence-electron chi connectivity index (χ3n) is 4.32. The minimum Gasteiger partial charge on any atom is -0.352 e. The molecule has 10 heteroatoms. The van der Waals surface area contributed by atoms with Gasteiger partial charge >= 0.3 is 6.03 Å². The van der Waals surface area contributed by atoms with Gasteiger partial charge in [-0.3, -0.25) is 4.79 Å². The zero-order chi connectivity index (χ0) is 20.2. The Morgan fingerprint density at radius 1 is 1.15 bits per heavy atom. The van der Waals surface area contributed by atoms with Gasteiger partial charge in [-0.1, -0.05) is 25.4 Å². The highest BCUT2D eigenvalue weighted by atomic mass is 35.5. The molecule has 0 aliphatic carbocycles. The number of benzene rings is 1. The highest BCUT2D eigenvalue weighted by Crippen LogP contribution is 2.20. The SMILES string of the molecule is CC(C)CC(NC(N)=O)C(=O)N1CCN(S(=O)(=O)c2ccc(Cl)cc2)CC1. The van der Waals surface area contributed by atoms with Crippen LogP contribution in [0.5, 0.6) is 0 Å². The number of hydrogen-bond donors (Lipinski definition) is 2. The van der Waals surface area contributed by atoms with Gasteiger partial charge in [0.15, 0.2) is 0 Å². The van der Waals surface area contributed by atoms with Crippen LogP contribution < -0.4 is 11.1 Å². The Kier molecular flexibility index (Phi) is 7.07. The molecule has 1 atom stereocenters. The highest BCUT2D eigenvalue weighted by molar-refractivity contribution is 7.89. The molecule has 1 aromatic rings. The fourth-order valence-electron chi connectivity index (χ4n) is 2.99. The average molecular weight is 417 g/mol. The normalized spacial score (nSPS) is 17.0. The van der Waals surface area contributed by atoms with Gasteiger partial charge in [0, 0.05) is 31.2 Å². The molecule has 1 aliphatic rings. The van der Waals surface area contributed by atoms with Crippen LogP contribution in [0, 0.1) is 5.92 Å². The molecule has 8 nitrogen and oxygen atoms in total. The molecule has 3 amide bonds. The molecule has 0 spiro atoms. The van der Waals surface area contributed by atoms with E-state index in [0.717, 1.165) is 0 Å². The maximum absolute atomic E-state index is 12.7. The molecule has 0 aromatic heterocycles. The molecule has 0 saturated carbocycles. The maximum atomic E-state index is 12.7. The molecule has 0 radical (unpaired) electrons. The van der Waals surface area contributed by atoms with E-state index < -0.39 is 22.1 Å². The van der Waals surface area contributed by atoms with Crippen LogP contribution in [0.1, 0.15) is 20.3 Å². The van der Waals surface area contributed by atoms with Crippen molar-refractivity contribution in [3.8, 4) is 0 Å². The summed E-state index contributed by atoms with van der Waals surface area (Å²) in [5.74, 6) is -0.0524. The number of urea groups is 1. The Bertz CT molecular complexity index is 775. The fourth-order valence-corrected chi connectivity index (χ4v) is 4.54. The lowest BCUT2D eigenvalue weighted by Crippen LogP contribution is -2.56. The predicted molar refractivity (Wildman–Crippen MR) is 103 cm³/mol. The van der Waals surface area contributed by atoms with Crippen molar-refractivity contribution in [2.45, 2.75) is 31.2 Å². The van der Waals surface area contributed by atoms with Crippen molar-refractivity contribution in [1.82, 2.24) is 14.5 Å². The number of nitrogens with two attached hydrogens (primary N) is 1. The minimum absolute atomic E-state index is 0.166. The first-order valence-electron chi connectivity index (χ1n) is 8.71. The number of sulfonamides is 1. The monoisotopic (exact) mass is 416 g/mol. The highest BCUT2D eigenvalue weighted by Gasteiger charge is 2.33. The number of nitrogens with zero attached hydrogens (tertiary/aromatic N) is 2. The van der Waals surface area contributed by atoms with Gasteiger partial charge in [-0.25, -0.2) is 13.2 Å². The van der Waals surface area contributed by atoms with Crippen molar-refractivity contribution in [3.05, 3.63) is 29.3 Å². The molecule has 2 rings (SSSR count). The second kappa shape index (κ2) is 8.90.